The van der Waals surface area contributed by atoms with Gasteiger partial charge in [0.15, 0.2) is 0 Å². The molecule has 2 aromatic rings. The molecule has 1 saturated heterocycles. The molecule has 2 N–H and O–H groups in total. The predicted octanol–water partition coefficient (Wildman–Crippen LogP) is 7.95. The van der Waals surface area contributed by atoms with Crippen molar-refractivity contribution < 1.29 is 19.1 Å². The van der Waals surface area contributed by atoms with Gasteiger partial charge < -0.3 is 24.7 Å². The number of ether oxygens (including phenoxy) is 2. The van der Waals surface area contributed by atoms with Crippen LogP contribution in [-0.4, -0.2) is 48.7 Å². The minimum atomic E-state index is -0.160. The van der Waals surface area contributed by atoms with Gasteiger partial charge in [0.05, 0.1) is 18.3 Å². The average Bonchev–Trinajstić information content (AvgIpc) is 3.27. The number of benzene rings is 1. The van der Waals surface area contributed by atoms with E-state index in [1.54, 1.807) is 26.1 Å². The molecule has 3 fully saturated rings. The fourth-order valence-corrected chi connectivity index (χ4v) is 5.50. The summed E-state index contributed by atoms with van der Waals surface area (Å²) in [5.74, 6) is 2.51. The Labute approximate surface area is 252 Å². The van der Waals surface area contributed by atoms with Gasteiger partial charge in [-0.2, -0.15) is 0 Å². The van der Waals surface area contributed by atoms with Crippen molar-refractivity contribution in [2.75, 3.05) is 25.2 Å². The van der Waals surface area contributed by atoms with Gasteiger partial charge in [-0.05, 0) is 81.7 Å². The minimum absolute atomic E-state index is 0.0262. The van der Waals surface area contributed by atoms with E-state index < -0.39 is 0 Å². The van der Waals surface area contributed by atoms with E-state index in [-0.39, 0.29) is 11.6 Å². The van der Waals surface area contributed by atoms with Crippen LogP contribution in [0.5, 0.6) is 5.75 Å². The molecule has 1 amide bonds. The van der Waals surface area contributed by atoms with Gasteiger partial charge >= 0.3 is 0 Å². The van der Waals surface area contributed by atoms with Crippen molar-refractivity contribution in [2.24, 2.45) is 11.8 Å². The zero-order chi connectivity index (χ0) is 30.6. The number of hydrogen-bond donors (Lipinski definition) is 2. The summed E-state index contributed by atoms with van der Waals surface area (Å²) in [5.41, 5.74) is 2.98. The van der Waals surface area contributed by atoms with Gasteiger partial charge in [0, 0.05) is 13.0 Å². The Balaban J connectivity index is 0.000000208. The smallest absolute Gasteiger partial charge is 0.267 e. The standard InChI is InChI=1S/C13H15NO2.C9H16O.C6H7ClN2O.C3H8.C2H6/c1-9-2-3-11-12(6-9)15-7-10-8-16-13(4-5-13)14(10)11;1-3-8-4-5-9(6-8)7(2)10;1-8-6(10)4-2-3-5(7)9-4;1-3-2;1-2/h2-3,6,10H,4-5,7-8H2,1H3;8-9H,3-6H2,1-2H3;2-3,9H,1H3,(H,8,10);3H2,1-2H3;1-2H3. The van der Waals surface area contributed by atoms with Gasteiger partial charge in [-0.3, -0.25) is 9.59 Å². The van der Waals surface area contributed by atoms with Crippen molar-refractivity contribution in [3.8, 4) is 5.75 Å². The monoisotopic (exact) mass is 589 g/mol. The zero-order valence-corrected chi connectivity index (χ0v) is 27.2. The number of rotatable bonds is 3. The lowest BCUT2D eigenvalue weighted by Crippen LogP contribution is -2.44. The highest BCUT2D eigenvalue weighted by Gasteiger charge is 2.58. The number of hydrogen-bond acceptors (Lipinski definition) is 5. The molecule has 6 rings (SSSR count). The Morgan fingerprint density at radius 2 is 1.78 bits per heavy atom. The van der Waals surface area contributed by atoms with Gasteiger partial charge in [-0.25, -0.2) is 0 Å². The predicted molar refractivity (Wildman–Crippen MR) is 169 cm³/mol. The van der Waals surface area contributed by atoms with Gasteiger partial charge in [0.1, 0.15) is 34.7 Å². The second-order valence-electron chi connectivity index (χ2n) is 11.0. The summed E-state index contributed by atoms with van der Waals surface area (Å²) >= 11 is 5.53. The summed E-state index contributed by atoms with van der Waals surface area (Å²) in [4.78, 5) is 26.9. The number of aromatic amines is 1. The number of carbonyl (C=O) groups excluding carboxylic acids is 2. The molecule has 2 aliphatic heterocycles. The van der Waals surface area contributed by atoms with Crippen LogP contribution >= 0.6 is 11.6 Å². The van der Waals surface area contributed by atoms with E-state index in [1.165, 1.54) is 30.5 Å². The number of anilines is 1. The summed E-state index contributed by atoms with van der Waals surface area (Å²) in [6.07, 6.45) is 8.41. The highest BCUT2D eigenvalue weighted by Crippen LogP contribution is 2.53. The largest absolute Gasteiger partial charge is 0.489 e. The maximum atomic E-state index is 10.9. The van der Waals surface area contributed by atoms with E-state index in [1.807, 2.05) is 13.8 Å². The SMILES string of the molecule is CC.CCC.CCC1CCC(C(C)=O)C1.CNC(=O)c1ccc(Cl)[nH]1.Cc1ccc2c(c1)OCC1COC3(CC3)N21. The highest BCUT2D eigenvalue weighted by atomic mass is 35.5. The van der Waals surface area contributed by atoms with Crippen LogP contribution in [0.1, 0.15) is 103 Å². The molecule has 3 unspecified atom stereocenters. The molecule has 0 radical (unpaired) electrons. The second-order valence-corrected chi connectivity index (χ2v) is 11.4. The number of aromatic nitrogens is 1. The molecule has 8 heteroatoms. The Morgan fingerprint density at radius 3 is 2.27 bits per heavy atom. The number of carbonyl (C=O) groups is 2. The maximum Gasteiger partial charge on any atom is 0.267 e. The van der Waals surface area contributed by atoms with Crippen molar-refractivity contribution in [3.05, 3.63) is 46.7 Å². The fourth-order valence-electron chi connectivity index (χ4n) is 5.33. The molecule has 4 aliphatic rings. The number of ketones is 1. The van der Waals surface area contributed by atoms with E-state index >= 15 is 0 Å². The van der Waals surface area contributed by atoms with E-state index in [4.69, 9.17) is 21.1 Å². The third kappa shape index (κ3) is 9.50. The van der Waals surface area contributed by atoms with Gasteiger partial charge in [0.25, 0.3) is 5.91 Å². The van der Waals surface area contributed by atoms with Crippen LogP contribution in [0, 0.1) is 18.8 Å². The zero-order valence-electron chi connectivity index (χ0n) is 26.4. The lowest BCUT2D eigenvalue weighted by Gasteiger charge is -2.36. The van der Waals surface area contributed by atoms with E-state index in [9.17, 15) is 9.59 Å². The van der Waals surface area contributed by atoms with Crippen LogP contribution in [0.25, 0.3) is 0 Å². The van der Waals surface area contributed by atoms with Crippen molar-refractivity contribution in [1.29, 1.82) is 0 Å². The Hall–Kier alpha value is -2.51. The Morgan fingerprint density at radius 1 is 1.10 bits per heavy atom. The maximum absolute atomic E-state index is 10.9. The molecule has 1 aromatic heterocycles. The lowest BCUT2D eigenvalue weighted by molar-refractivity contribution is -0.120. The number of nitrogens with one attached hydrogen (secondary N) is 2. The van der Waals surface area contributed by atoms with Crippen LogP contribution < -0.4 is 15.0 Å². The van der Waals surface area contributed by atoms with Crippen molar-refractivity contribution in [2.45, 2.75) is 105 Å². The number of H-pyrrole nitrogens is 1. The van der Waals surface area contributed by atoms with Crippen LogP contribution in [0.3, 0.4) is 0 Å². The number of halogens is 1. The topological polar surface area (TPSA) is 83.7 Å². The molecule has 41 heavy (non-hydrogen) atoms. The van der Waals surface area contributed by atoms with Crippen LogP contribution in [-0.2, 0) is 9.53 Å². The molecular formula is C33H52ClN3O4. The number of amides is 1. The highest BCUT2D eigenvalue weighted by molar-refractivity contribution is 6.29. The number of aryl methyl sites for hydroxylation is 1. The molecule has 2 saturated carbocycles. The number of Topliss-reactive ketones (excluding diaryl/α,β-unsaturated/α-hetero) is 1. The number of nitrogens with zero attached hydrogens (tertiary/aromatic N) is 1. The molecule has 1 spiro atoms. The van der Waals surface area contributed by atoms with Crippen LogP contribution in [0.2, 0.25) is 5.15 Å². The van der Waals surface area contributed by atoms with Crippen LogP contribution in [0.15, 0.2) is 30.3 Å². The molecule has 230 valence electrons. The molecule has 0 bridgehead atoms. The normalized spacial score (nSPS) is 22.0. The first-order valence-electron chi connectivity index (χ1n) is 15.4. The third-order valence-corrected chi connectivity index (χ3v) is 7.87. The van der Waals surface area contributed by atoms with Crippen molar-refractivity contribution in [1.82, 2.24) is 10.3 Å². The first-order chi connectivity index (χ1) is 19.7. The summed E-state index contributed by atoms with van der Waals surface area (Å²) in [6.45, 7) is 15.9. The van der Waals surface area contributed by atoms with Gasteiger partial charge in [-0.15, -0.1) is 0 Å². The molecule has 3 heterocycles. The quantitative estimate of drug-likeness (QED) is 0.379. The van der Waals surface area contributed by atoms with Crippen molar-refractivity contribution >= 4 is 29.0 Å². The second kappa shape index (κ2) is 16.8. The summed E-state index contributed by atoms with van der Waals surface area (Å²) in [7, 11) is 1.57. The van der Waals surface area contributed by atoms with Gasteiger partial charge in [0.2, 0.25) is 0 Å². The summed E-state index contributed by atoms with van der Waals surface area (Å²) in [6, 6.07) is 10.1. The number of fused-ring (bicyclic) bond motifs is 4. The molecular weight excluding hydrogens is 538 g/mol. The molecule has 3 atom stereocenters. The van der Waals surface area contributed by atoms with E-state index in [0.717, 1.165) is 50.6 Å². The fraction of sp³-hybridized carbons (Fsp3) is 0.636. The Bertz CT molecular complexity index is 1100. The molecule has 1 aromatic carbocycles. The average molecular weight is 590 g/mol. The van der Waals surface area contributed by atoms with E-state index in [2.05, 4.69) is 61.1 Å². The van der Waals surface area contributed by atoms with Gasteiger partial charge in [-0.1, -0.05) is 65.1 Å². The molecule has 7 nitrogen and oxygen atoms in total. The molecule has 2 aliphatic carbocycles. The third-order valence-electron chi connectivity index (χ3n) is 7.65. The van der Waals surface area contributed by atoms with E-state index in [0.29, 0.717) is 28.6 Å². The minimum Gasteiger partial charge on any atom is -0.489 e. The lowest BCUT2D eigenvalue weighted by atomic mass is 10.0. The Kier molecular flexibility index (Phi) is 14.2. The summed E-state index contributed by atoms with van der Waals surface area (Å²) in [5, 5.41) is 2.94. The first kappa shape index (κ1) is 34.7. The van der Waals surface area contributed by atoms with Crippen molar-refractivity contribution in [3.63, 3.8) is 0 Å². The van der Waals surface area contributed by atoms with Crippen LogP contribution in [0.4, 0.5) is 5.69 Å². The first-order valence-corrected chi connectivity index (χ1v) is 15.8. The summed E-state index contributed by atoms with van der Waals surface area (Å²) < 4.78 is 11.7.